The van der Waals surface area contributed by atoms with E-state index in [4.69, 9.17) is 10.00 Å². The summed E-state index contributed by atoms with van der Waals surface area (Å²) in [6.07, 6.45) is 0. The van der Waals surface area contributed by atoms with Gasteiger partial charge in [0.1, 0.15) is 5.75 Å². The van der Waals surface area contributed by atoms with E-state index in [1.807, 2.05) is 6.07 Å². The van der Waals surface area contributed by atoms with Gasteiger partial charge in [0.15, 0.2) is 0 Å². The van der Waals surface area contributed by atoms with Crippen LogP contribution in [0.3, 0.4) is 0 Å². The van der Waals surface area contributed by atoms with E-state index in [9.17, 15) is 13.2 Å². The summed E-state index contributed by atoms with van der Waals surface area (Å²) < 4.78 is 31.4. The molecule has 0 aromatic heterocycles. The van der Waals surface area contributed by atoms with Gasteiger partial charge in [-0.3, -0.25) is 0 Å². The fraction of sp³-hybridized carbons (Fsp3) is 0.222. The van der Waals surface area contributed by atoms with Gasteiger partial charge < -0.3 is 4.74 Å². The van der Waals surface area contributed by atoms with Crippen LogP contribution >= 0.6 is 0 Å². The van der Waals surface area contributed by atoms with E-state index in [0.29, 0.717) is 24.4 Å². The summed E-state index contributed by atoms with van der Waals surface area (Å²) >= 11 is 0. The van der Waals surface area contributed by atoms with Gasteiger partial charge in [0.2, 0.25) is 10.0 Å². The van der Waals surface area contributed by atoms with E-state index in [2.05, 4.69) is 0 Å². The van der Waals surface area contributed by atoms with Gasteiger partial charge in [0.05, 0.1) is 22.1 Å². The van der Waals surface area contributed by atoms with Crippen LogP contribution < -0.4 is 4.74 Å². The maximum Gasteiger partial charge on any atom is 0.343 e. The lowest BCUT2D eigenvalue weighted by atomic mass is 10.2. The third-order valence-corrected chi connectivity index (χ3v) is 5.69. The normalized spacial score (nSPS) is 11.1. The van der Waals surface area contributed by atoms with Gasteiger partial charge in [0.25, 0.3) is 0 Å². The van der Waals surface area contributed by atoms with E-state index < -0.39 is 16.0 Å². The third-order valence-electron chi connectivity index (χ3n) is 3.63. The number of ether oxygens (including phenoxy) is 1. The molecule has 0 heterocycles. The summed E-state index contributed by atoms with van der Waals surface area (Å²) in [5.41, 5.74) is 0.702. The van der Waals surface area contributed by atoms with Crippen molar-refractivity contribution < 1.29 is 17.9 Å². The largest absolute Gasteiger partial charge is 0.423 e. The first-order valence-electron chi connectivity index (χ1n) is 7.75. The first-order chi connectivity index (χ1) is 11.9. The Labute approximate surface area is 147 Å². The Morgan fingerprint density at radius 1 is 1.04 bits per heavy atom. The van der Waals surface area contributed by atoms with E-state index >= 15 is 0 Å². The van der Waals surface area contributed by atoms with Crippen LogP contribution in [-0.2, 0) is 10.0 Å². The van der Waals surface area contributed by atoms with Crippen molar-refractivity contribution in [3.63, 3.8) is 0 Å². The smallest absolute Gasteiger partial charge is 0.343 e. The van der Waals surface area contributed by atoms with Crippen LogP contribution in [0, 0.1) is 11.3 Å². The molecule has 0 saturated carbocycles. The van der Waals surface area contributed by atoms with Crippen molar-refractivity contribution >= 4 is 16.0 Å². The number of nitrogens with zero attached hydrogens (tertiary/aromatic N) is 2. The molecule has 0 fully saturated rings. The molecule has 0 atom stereocenters. The number of nitriles is 1. The molecule has 0 radical (unpaired) electrons. The molecule has 0 amide bonds. The van der Waals surface area contributed by atoms with Gasteiger partial charge in [-0.25, -0.2) is 13.2 Å². The van der Waals surface area contributed by atoms with Crippen LogP contribution in [0.1, 0.15) is 29.8 Å². The number of carbonyl (C=O) groups is 1. The highest BCUT2D eigenvalue weighted by Crippen LogP contribution is 2.18. The SMILES string of the molecule is CCN(CC)S(=O)(=O)c1ccc(C(=O)Oc2ccc(C#N)cc2)cc1. The molecule has 0 aliphatic rings. The minimum Gasteiger partial charge on any atom is -0.423 e. The first-order valence-corrected chi connectivity index (χ1v) is 9.19. The fourth-order valence-electron chi connectivity index (χ4n) is 2.24. The molecule has 6 nitrogen and oxygen atoms in total. The lowest BCUT2D eigenvalue weighted by Crippen LogP contribution is -2.30. The molecule has 0 spiro atoms. The predicted octanol–water partition coefficient (Wildman–Crippen LogP) is 2.81. The van der Waals surface area contributed by atoms with Crippen molar-refractivity contribution in [1.82, 2.24) is 4.31 Å². The molecule has 2 rings (SSSR count). The monoisotopic (exact) mass is 358 g/mol. The summed E-state index contributed by atoms with van der Waals surface area (Å²) in [6.45, 7) is 4.29. The first kappa shape index (κ1) is 18.6. The van der Waals surface area contributed by atoms with Gasteiger partial charge in [-0.1, -0.05) is 13.8 Å². The number of esters is 1. The Hall–Kier alpha value is -2.69. The van der Waals surface area contributed by atoms with Crippen LogP contribution in [-0.4, -0.2) is 31.8 Å². The molecule has 7 heteroatoms. The molecule has 2 aromatic carbocycles. The number of carbonyl (C=O) groups excluding carboxylic acids is 1. The molecular weight excluding hydrogens is 340 g/mol. The highest BCUT2D eigenvalue weighted by molar-refractivity contribution is 7.89. The molecule has 0 N–H and O–H groups in total. The van der Waals surface area contributed by atoms with Gasteiger partial charge in [-0.2, -0.15) is 9.57 Å². The van der Waals surface area contributed by atoms with Gasteiger partial charge >= 0.3 is 5.97 Å². The van der Waals surface area contributed by atoms with Gasteiger partial charge in [0, 0.05) is 13.1 Å². The van der Waals surface area contributed by atoms with Crippen LogP contribution in [0.25, 0.3) is 0 Å². The maximum atomic E-state index is 12.4. The Balaban J connectivity index is 2.16. The zero-order valence-electron chi connectivity index (χ0n) is 14.0. The second-order valence-electron chi connectivity index (χ2n) is 5.14. The van der Waals surface area contributed by atoms with E-state index in [1.165, 1.54) is 40.7 Å². The molecule has 0 aliphatic carbocycles. The number of rotatable bonds is 6. The summed E-state index contributed by atoms with van der Waals surface area (Å²) in [5, 5.41) is 8.74. The van der Waals surface area contributed by atoms with E-state index in [-0.39, 0.29) is 10.5 Å². The Kier molecular flexibility index (Phi) is 5.91. The summed E-state index contributed by atoms with van der Waals surface area (Å²) in [4.78, 5) is 12.3. The van der Waals surface area contributed by atoms with Crippen LogP contribution in [0.5, 0.6) is 5.75 Å². The molecule has 0 bridgehead atoms. The second kappa shape index (κ2) is 7.92. The molecule has 0 unspecified atom stereocenters. The van der Waals surface area contributed by atoms with Crippen molar-refractivity contribution in [3.05, 3.63) is 59.7 Å². The number of benzene rings is 2. The van der Waals surface area contributed by atoms with Crippen molar-refractivity contribution in [3.8, 4) is 11.8 Å². The van der Waals surface area contributed by atoms with Crippen molar-refractivity contribution in [2.75, 3.05) is 13.1 Å². The summed E-state index contributed by atoms with van der Waals surface area (Å²) in [6, 6.07) is 13.7. The summed E-state index contributed by atoms with van der Waals surface area (Å²) in [7, 11) is -3.56. The maximum absolute atomic E-state index is 12.4. The number of sulfonamides is 1. The number of hydrogen-bond donors (Lipinski definition) is 0. The van der Waals surface area contributed by atoms with E-state index in [0.717, 1.165) is 0 Å². The zero-order valence-corrected chi connectivity index (χ0v) is 14.8. The van der Waals surface area contributed by atoms with Gasteiger partial charge in [-0.15, -0.1) is 0 Å². The summed E-state index contributed by atoms with van der Waals surface area (Å²) in [5.74, 6) is -0.291. The minimum atomic E-state index is -3.56. The average molecular weight is 358 g/mol. The van der Waals surface area contributed by atoms with Crippen molar-refractivity contribution in [2.24, 2.45) is 0 Å². The third kappa shape index (κ3) is 4.24. The molecular formula is C18H18N2O4S. The predicted molar refractivity (Wildman–Crippen MR) is 92.7 cm³/mol. The number of hydrogen-bond acceptors (Lipinski definition) is 5. The van der Waals surface area contributed by atoms with E-state index in [1.54, 1.807) is 26.0 Å². The Bertz CT molecular complexity index is 878. The second-order valence-corrected chi connectivity index (χ2v) is 7.08. The molecule has 25 heavy (non-hydrogen) atoms. The molecule has 0 saturated heterocycles. The standard InChI is InChI=1S/C18H18N2O4S/c1-3-20(4-2)25(22,23)17-11-7-15(8-12-17)18(21)24-16-9-5-14(13-19)6-10-16/h5-12H,3-4H2,1-2H3. The topological polar surface area (TPSA) is 87.5 Å². The Morgan fingerprint density at radius 3 is 2.08 bits per heavy atom. The van der Waals surface area contributed by atoms with Gasteiger partial charge in [-0.05, 0) is 48.5 Å². The van der Waals surface area contributed by atoms with Crippen LogP contribution in [0.2, 0.25) is 0 Å². The quantitative estimate of drug-likeness (QED) is 0.585. The van der Waals surface area contributed by atoms with Crippen LogP contribution in [0.4, 0.5) is 0 Å². The van der Waals surface area contributed by atoms with Crippen molar-refractivity contribution in [1.29, 1.82) is 5.26 Å². The molecule has 130 valence electrons. The highest BCUT2D eigenvalue weighted by atomic mass is 32.2. The average Bonchev–Trinajstić information content (AvgIpc) is 2.63. The van der Waals surface area contributed by atoms with Crippen LogP contribution in [0.15, 0.2) is 53.4 Å². The minimum absolute atomic E-state index is 0.131. The lowest BCUT2D eigenvalue weighted by Gasteiger charge is -2.18. The Morgan fingerprint density at radius 2 is 1.60 bits per heavy atom. The molecule has 2 aromatic rings. The lowest BCUT2D eigenvalue weighted by molar-refractivity contribution is 0.0734. The zero-order chi connectivity index (χ0) is 18.4. The highest BCUT2D eigenvalue weighted by Gasteiger charge is 2.21. The van der Waals surface area contributed by atoms with Crippen molar-refractivity contribution in [2.45, 2.75) is 18.7 Å². The molecule has 0 aliphatic heterocycles. The fourth-order valence-corrected chi connectivity index (χ4v) is 3.70.